The summed E-state index contributed by atoms with van der Waals surface area (Å²) in [6, 6.07) is 0.308. The normalized spacial score (nSPS) is 20.1. The number of amides is 1. The maximum atomic E-state index is 11.6. The van der Waals surface area contributed by atoms with Crippen molar-refractivity contribution in [3.63, 3.8) is 0 Å². The summed E-state index contributed by atoms with van der Waals surface area (Å²) in [4.78, 5) is 11.6. The summed E-state index contributed by atoms with van der Waals surface area (Å²) in [7, 11) is 1.72. The highest BCUT2D eigenvalue weighted by molar-refractivity contribution is 5.67. The van der Waals surface area contributed by atoms with E-state index in [1.54, 1.807) is 7.11 Å². The van der Waals surface area contributed by atoms with Crippen molar-refractivity contribution in [1.29, 1.82) is 0 Å². The van der Waals surface area contributed by atoms with Gasteiger partial charge in [0, 0.05) is 32.8 Å². The molecule has 2 unspecified atom stereocenters. The zero-order chi connectivity index (χ0) is 17.1. The molecule has 0 aromatic heterocycles. The van der Waals surface area contributed by atoms with Gasteiger partial charge in [-0.25, -0.2) is 4.79 Å². The number of carbonyl (C=O) groups is 1. The molecule has 0 radical (unpaired) electrons. The molecule has 1 saturated heterocycles. The molecule has 0 bridgehead atoms. The highest BCUT2D eigenvalue weighted by atomic mass is 16.6. The zero-order valence-corrected chi connectivity index (χ0v) is 15.2. The van der Waals surface area contributed by atoms with Gasteiger partial charge in [0.15, 0.2) is 0 Å². The maximum Gasteiger partial charge on any atom is 0.407 e. The molecule has 2 N–H and O–H groups in total. The SMILES string of the molecule is COCC(CCCNC(=O)OC(C)(C)C)NCC1CCCOC1. The van der Waals surface area contributed by atoms with Crippen molar-refractivity contribution < 1.29 is 19.0 Å². The number of carbonyl (C=O) groups excluding carboxylic acids is 1. The Bertz CT molecular complexity index is 325. The second-order valence-corrected chi connectivity index (χ2v) is 7.21. The Morgan fingerprint density at radius 2 is 2.17 bits per heavy atom. The van der Waals surface area contributed by atoms with Gasteiger partial charge in [0.25, 0.3) is 0 Å². The predicted octanol–water partition coefficient (Wildman–Crippen LogP) is 2.32. The smallest absolute Gasteiger partial charge is 0.407 e. The Labute approximate surface area is 140 Å². The maximum absolute atomic E-state index is 11.6. The fourth-order valence-corrected chi connectivity index (χ4v) is 2.60. The van der Waals surface area contributed by atoms with Crippen LogP contribution in [-0.2, 0) is 14.2 Å². The summed E-state index contributed by atoms with van der Waals surface area (Å²) in [6.45, 7) is 9.60. The summed E-state index contributed by atoms with van der Waals surface area (Å²) in [5.41, 5.74) is -0.452. The first-order valence-corrected chi connectivity index (χ1v) is 8.67. The molecule has 0 aromatic rings. The van der Waals surface area contributed by atoms with Crippen LogP contribution in [0.5, 0.6) is 0 Å². The molecule has 1 rings (SSSR count). The van der Waals surface area contributed by atoms with Gasteiger partial charge >= 0.3 is 6.09 Å². The minimum Gasteiger partial charge on any atom is -0.444 e. The highest BCUT2D eigenvalue weighted by Gasteiger charge is 2.17. The lowest BCUT2D eigenvalue weighted by atomic mass is 10.0. The second kappa shape index (κ2) is 10.8. The Morgan fingerprint density at radius 1 is 1.39 bits per heavy atom. The number of rotatable bonds is 9. The minimum atomic E-state index is -0.452. The largest absolute Gasteiger partial charge is 0.444 e. The lowest BCUT2D eigenvalue weighted by molar-refractivity contribution is 0.0508. The molecule has 23 heavy (non-hydrogen) atoms. The lowest BCUT2D eigenvalue weighted by Gasteiger charge is -2.25. The average molecular weight is 330 g/mol. The van der Waals surface area contributed by atoms with Gasteiger partial charge in [-0.15, -0.1) is 0 Å². The van der Waals surface area contributed by atoms with Gasteiger partial charge in [-0.05, 0) is 52.4 Å². The zero-order valence-electron chi connectivity index (χ0n) is 15.2. The van der Waals surface area contributed by atoms with Gasteiger partial charge in [-0.2, -0.15) is 0 Å². The van der Waals surface area contributed by atoms with Crippen LogP contribution >= 0.6 is 0 Å². The molecule has 1 aliphatic heterocycles. The van der Waals surface area contributed by atoms with Crippen LogP contribution in [0.1, 0.15) is 46.5 Å². The van der Waals surface area contributed by atoms with E-state index in [9.17, 15) is 4.79 Å². The fraction of sp³-hybridized carbons (Fsp3) is 0.941. The van der Waals surface area contributed by atoms with Crippen molar-refractivity contribution in [2.45, 2.75) is 58.1 Å². The molecule has 1 aliphatic rings. The molecule has 2 atom stereocenters. The number of hydrogen-bond donors (Lipinski definition) is 2. The highest BCUT2D eigenvalue weighted by Crippen LogP contribution is 2.13. The van der Waals surface area contributed by atoms with E-state index < -0.39 is 5.60 Å². The van der Waals surface area contributed by atoms with E-state index in [-0.39, 0.29) is 6.09 Å². The molecule has 1 heterocycles. The van der Waals surface area contributed by atoms with E-state index in [0.29, 0.717) is 25.1 Å². The Balaban J connectivity index is 2.15. The van der Waals surface area contributed by atoms with Crippen molar-refractivity contribution in [2.75, 3.05) is 40.0 Å². The van der Waals surface area contributed by atoms with Crippen molar-refractivity contribution in [2.24, 2.45) is 5.92 Å². The third-order valence-corrected chi connectivity index (χ3v) is 3.72. The second-order valence-electron chi connectivity index (χ2n) is 7.21. The monoisotopic (exact) mass is 330 g/mol. The number of ether oxygens (including phenoxy) is 3. The number of nitrogens with one attached hydrogen (secondary N) is 2. The Kier molecular flexibility index (Phi) is 9.52. The van der Waals surface area contributed by atoms with Crippen LogP contribution in [0.2, 0.25) is 0 Å². The number of alkyl carbamates (subject to hydrolysis) is 1. The minimum absolute atomic E-state index is 0.308. The van der Waals surface area contributed by atoms with Crippen LogP contribution < -0.4 is 10.6 Å². The number of hydrogen-bond acceptors (Lipinski definition) is 5. The van der Waals surface area contributed by atoms with Crippen LogP contribution in [0.4, 0.5) is 4.79 Å². The van der Waals surface area contributed by atoms with Gasteiger partial charge in [0.05, 0.1) is 13.2 Å². The van der Waals surface area contributed by atoms with Crippen molar-refractivity contribution in [1.82, 2.24) is 10.6 Å². The molecular formula is C17H34N2O4. The third kappa shape index (κ3) is 10.5. The van der Waals surface area contributed by atoms with Crippen molar-refractivity contribution in [3.8, 4) is 0 Å². The molecule has 136 valence electrons. The van der Waals surface area contributed by atoms with Gasteiger partial charge in [0.2, 0.25) is 0 Å². The Hall–Kier alpha value is -0.850. The molecule has 1 fully saturated rings. The summed E-state index contributed by atoms with van der Waals surface area (Å²) < 4.78 is 16.0. The first-order valence-electron chi connectivity index (χ1n) is 8.67. The molecule has 0 saturated carbocycles. The summed E-state index contributed by atoms with van der Waals surface area (Å²) in [5.74, 6) is 0.600. The van der Waals surface area contributed by atoms with Crippen LogP contribution in [0.3, 0.4) is 0 Å². The topological polar surface area (TPSA) is 68.8 Å². The molecular weight excluding hydrogens is 296 g/mol. The van der Waals surface area contributed by atoms with Crippen LogP contribution in [0, 0.1) is 5.92 Å². The summed E-state index contributed by atoms with van der Waals surface area (Å²) in [6.07, 6.45) is 3.88. The van der Waals surface area contributed by atoms with Gasteiger partial charge in [0.1, 0.15) is 5.60 Å². The van der Waals surface area contributed by atoms with Gasteiger partial charge in [-0.3, -0.25) is 0 Å². The van der Waals surface area contributed by atoms with Crippen LogP contribution in [0.25, 0.3) is 0 Å². The quantitative estimate of drug-likeness (QED) is 0.635. The first kappa shape index (κ1) is 20.2. The Morgan fingerprint density at radius 3 is 2.78 bits per heavy atom. The first-order chi connectivity index (χ1) is 10.9. The molecule has 1 amide bonds. The van der Waals surface area contributed by atoms with Crippen LogP contribution in [-0.4, -0.2) is 57.8 Å². The molecule has 0 aliphatic carbocycles. The van der Waals surface area contributed by atoms with E-state index in [0.717, 1.165) is 39.0 Å². The summed E-state index contributed by atoms with van der Waals surface area (Å²) in [5, 5.41) is 6.36. The molecule has 0 aromatic carbocycles. The van der Waals surface area contributed by atoms with E-state index >= 15 is 0 Å². The van der Waals surface area contributed by atoms with E-state index in [1.165, 1.54) is 6.42 Å². The molecule has 0 spiro atoms. The predicted molar refractivity (Wildman–Crippen MR) is 90.7 cm³/mol. The van der Waals surface area contributed by atoms with E-state index in [2.05, 4.69) is 10.6 Å². The summed E-state index contributed by atoms with van der Waals surface area (Å²) >= 11 is 0. The standard InChI is InChI=1S/C17H34N2O4/c1-17(2,3)23-16(20)18-9-5-8-15(13-21-4)19-11-14-7-6-10-22-12-14/h14-15,19H,5-13H2,1-4H3,(H,18,20). The van der Waals surface area contributed by atoms with Gasteiger partial charge < -0.3 is 24.8 Å². The van der Waals surface area contributed by atoms with Crippen molar-refractivity contribution in [3.05, 3.63) is 0 Å². The molecule has 6 heteroatoms. The fourth-order valence-electron chi connectivity index (χ4n) is 2.60. The molecule has 6 nitrogen and oxygen atoms in total. The van der Waals surface area contributed by atoms with Gasteiger partial charge in [-0.1, -0.05) is 0 Å². The van der Waals surface area contributed by atoms with E-state index in [1.807, 2.05) is 20.8 Å². The van der Waals surface area contributed by atoms with Crippen molar-refractivity contribution >= 4 is 6.09 Å². The average Bonchev–Trinajstić information content (AvgIpc) is 2.48. The lowest BCUT2D eigenvalue weighted by Crippen LogP contribution is -2.39. The van der Waals surface area contributed by atoms with Crippen LogP contribution in [0.15, 0.2) is 0 Å². The number of methoxy groups -OCH3 is 1. The van der Waals surface area contributed by atoms with E-state index in [4.69, 9.17) is 14.2 Å². The third-order valence-electron chi connectivity index (χ3n) is 3.72.